The first-order valence-electron chi connectivity index (χ1n) is 5.87. The molecule has 0 radical (unpaired) electrons. The van der Waals surface area contributed by atoms with Crippen molar-refractivity contribution < 1.29 is 9.90 Å². The zero-order valence-electron chi connectivity index (χ0n) is 9.74. The van der Waals surface area contributed by atoms with E-state index in [1.165, 1.54) is 37.5 Å². The van der Waals surface area contributed by atoms with Gasteiger partial charge in [-0.25, -0.2) is 0 Å². The first kappa shape index (κ1) is 12.2. The highest BCUT2D eigenvalue weighted by atomic mass is 35.5. The number of benzene rings is 1. The Morgan fingerprint density at radius 1 is 1.53 bits per heavy atom. The molecule has 3 nitrogen and oxygen atoms in total. The quantitative estimate of drug-likeness (QED) is 0.870. The molecule has 0 spiro atoms. The summed E-state index contributed by atoms with van der Waals surface area (Å²) in [5.74, 6) is 0.413. The molecule has 0 aliphatic heterocycles. The first-order valence-corrected chi connectivity index (χ1v) is 6.25. The Hall–Kier alpha value is -1.22. The minimum atomic E-state index is -0.217. The van der Waals surface area contributed by atoms with Crippen LogP contribution in [0.3, 0.4) is 0 Å². The number of carbonyl (C=O) groups excluding carboxylic acids is 1. The second-order valence-corrected chi connectivity index (χ2v) is 5.02. The van der Waals surface area contributed by atoms with Crippen LogP contribution in [0.15, 0.2) is 18.2 Å². The molecule has 1 unspecified atom stereocenters. The number of amides is 1. The third kappa shape index (κ3) is 2.72. The molecule has 2 N–H and O–H groups in total. The standard InChI is InChI=1S/C13H16ClNO2/c1-8(9-3-2-4-9)15-13(17)11-7-10(16)5-6-12(11)14/h5-9,16H,2-4H2,1H3,(H,15,17). The van der Waals surface area contributed by atoms with E-state index in [-0.39, 0.29) is 17.7 Å². The smallest absolute Gasteiger partial charge is 0.253 e. The molecule has 1 aliphatic carbocycles. The van der Waals surface area contributed by atoms with Gasteiger partial charge < -0.3 is 10.4 Å². The second kappa shape index (κ2) is 4.96. The molecule has 92 valence electrons. The number of aromatic hydroxyl groups is 1. The van der Waals surface area contributed by atoms with Gasteiger partial charge in [0.1, 0.15) is 5.75 Å². The lowest BCUT2D eigenvalue weighted by Gasteiger charge is -2.31. The van der Waals surface area contributed by atoms with Crippen molar-refractivity contribution in [3.05, 3.63) is 28.8 Å². The van der Waals surface area contributed by atoms with E-state index in [9.17, 15) is 9.90 Å². The fourth-order valence-corrected chi connectivity index (χ4v) is 2.23. The highest BCUT2D eigenvalue weighted by Gasteiger charge is 2.25. The normalized spacial score (nSPS) is 17.3. The lowest BCUT2D eigenvalue weighted by atomic mass is 9.80. The van der Waals surface area contributed by atoms with Crippen molar-refractivity contribution in [2.75, 3.05) is 0 Å². The number of nitrogens with one attached hydrogen (secondary N) is 1. The Balaban J connectivity index is 2.05. The van der Waals surface area contributed by atoms with E-state index < -0.39 is 0 Å². The van der Waals surface area contributed by atoms with Gasteiger partial charge in [-0.3, -0.25) is 4.79 Å². The molecular weight excluding hydrogens is 238 g/mol. The maximum absolute atomic E-state index is 12.0. The molecule has 1 aliphatic rings. The van der Waals surface area contributed by atoms with Crippen LogP contribution in [0.1, 0.15) is 36.5 Å². The van der Waals surface area contributed by atoms with Crippen LogP contribution in [0.2, 0.25) is 5.02 Å². The summed E-state index contributed by atoms with van der Waals surface area (Å²) in [5.41, 5.74) is 0.331. The van der Waals surface area contributed by atoms with Crippen molar-refractivity contribution in [2.45, 2.75) is 32.2 Å². The van der Waals surface area contributed by atoms with Gasteiger partial charge in [-0.05, 0) is 43.9 Å². The zero-order chi connectivity index (χ0) is 12.4. The molecule has 1 amide bonds. The molecule has 1 saturated carbocycles. The van der Waals surface area contributed by atoms with E-state index in [1.54, 1.807) is 0 Å². The summed E-state index contributed by atoms with van der Waals surface area (Å²) >= 11 is 5.93. The van der Waals surface area contributed by atoms with Gasteiger partial charge in [-0.1, -0.05) is 18.0 Å². The maximum Gasteiger partial charge on any atom is 0.253 e. The first-order chi connectivity index (χ1) is 8.08. The summed E-state index contributed by atoms with van der Waals surface area (Å²) < 4.78 is 0. The van der Waals surface area contributed by atoms with E-state index in [1.807, 2.05) is 6.92 Å². The van der Waals surface area contributed by atoms with Gasteiger partial charge in [-0.15, -0.1) is 0 Å². The van der Waals surface area contributed by atoms with Crippen LogP contribution >= 0.6 is 11.6 Å². The average molecular weight is 254 g/mol. The highest BCUT2D eigenvalue weighted by Crippen LogP contribution is 2.29. The SMILES string of the molecule is CC(NC(=O)c1cc(O)ccc1Cl)C1CCC1. The molecular formula is C13H16ClNO2. The Labute approximate surface area is 106 Å². The van der Waals surface area contributed by atoms with Crippen LogP contribution in [-0.2, 0) is 0 Å². The van der Waals surface area contributed by atoms with Gasteiger partial charge in [0.05, 0.1) is 10.6 Å². The number of rotatable bonds is 3. The van der Waals surface area contributed by atoms with Crippen LogP contribution in [0.4, 0.5) is 0 Å². The number of phenolic OH excluding ortho intramolecular Hbond substituents is 1. The third-order valence-electron chi connectivity index (χ3n) is 3.41. The van der Waals surface area contributed by atoms with E-state index in [0.29, 0.717) is 16.5 Å². The summed E-state index contributed by atoms with van der Waals surface area (Å²) in [4.78, 5) is 12.0. The Morgan fingerprint density at radius 3 is 2.82 bits per heavy atom. The number of carbonyl (C=O) groups is 1. The Bertz CT molecular complexity index is 429. The van der Waals surface area contributed by atoms with Gasteiger partial charge in [0.25, 0.3) is 5.91 Å². The fraction of sp³-hybridized carbons (Fsp3) is 0.462. The predicted octanol–water partition coefficient (Wildman–Crippen LogP) is 2.96. The molecule has 0 aromatic heterocycles. The minimum Gasteiger partial charge on any atom is -0.508 e. The van der Waals surface area contributed by atoms with Crippen LogP contribution in [0.25, 0.3) is 0 Å². The molecule has 1 aromatic rings. The van der Waals surface area contributed by atoms with Gasteiger partial charge >= 0.3 is 0 Å². The molecule has 1 fully saturated rings. The lowest BCUT2D eigenvalue weighted by Crippen LogP contribution is -2.40. The van der Waals surface area contributed by atoms with Gasteiger partial charge in [0.2, 0.25) is 0 Å². The van der Waals surface area contributed by atoms with Crippen molar-refractivity contribution in [2.24, 2.45) is 5.92 Å². The molecule has 17 heavy (non-hydrogen) atoms. The summed E-state index contributed by atoms with van der Waals surface area (Å²) in [5, 5.41) is 12.6. The lowest BCUT2D eigenvalue weighted by molar-refractivity contribution is 0.0909. The Kier molecular flexibility index (Phi) is 3.57. The van der Waals surface area contributed by atoms with Crippen LogP contribution in [0, 0.1) is 5.92 Å². The second-order valence-electron chi connectivity index (χ2n) is 4.62. The summed E-state index contributed by atoms with van der Waals surface area (Å²) in [6.07, 6.45) is 3.60. The van der Waals surface area contributed by atoms with Crippen LogP contribution in [0.5, 0.6) is 5.75 Å². The van der Waals surface area contributed by atoms with Crippen molar-refractivity contribution in [3.63, 3.8) is 0 Å². The largest absolute Gasteiger partial charge is 0.508 e. The van der Waals surface area contributed by atoms with Gasteiger partial charge in [0.15, 0.2) is 0 Å². The maximum atomic E-state index is 12.0. The molecule has 4 heteroatoms. The number of phenols is 1. The predicted molar refractivity (Wildman–Crippen MR) is 67.4 cm³/mol. The molecule has 1 atom stereocenters. The highest BCUT2D eigenvalue weighted by molar-refractivity contribution is 6.33. The number of hydrogen-bond donors (Lipinski definition) is 2. The Morgan fingerprint density at radius 2 is 2.24 bits per heavy atom. The summed E-state index contributed by atoms with van der Waals surface area (Å²) in [6, 6.07) is 4.55. The molecule has 0 heterocycles. The average Bonchev–Trinajstić information content (AvgIpc) is 2.18. The van der Waals surface area contributed by atoms with E-state index in [2.05, 4.69) is 5.32 Å². The topological polar surface area (TPSA) is 49.3 Å². The third-order valence-corrected chi connectivity index (χ3v) is 3.74. The van der Waals surface area contributed by atoms with Crippen molar-refractivity contribution >= 4 is 17.5 Å². The zero-order valence-corrected chi connectivity index (χ0v) is 10.5. The molecule has 1 aromatic carbocycles. The van der Waals surface area contributed by atoms with E-state index in [0.717, 1.165) is 0 Å². The summed E-state index contributed by atoms with van der Waals surface area (Å²) in [7, 11) is 0. The number of hydrogen-bond acceptors (Lipinski definition) is 2. The van der Waals surface area contributed by atoms with E-state index >= 15 is 0 Å². The monoisotopic (exact) mass is 253 g/mol. The van der Waals surface area contributed by atoms with Crippen molar-refractivity contribution in [1.29, 1.82) is 0 Å². The molecule has 2 rings (SSSR count). The minimum absolute atomic E-state index is 0.0517. The molecule has 0 saturated heterocycles. The van der Waals surface area contributed by atoms with Crippen molar-refractivity contribution in [1.82, 2.24) is 5.32 Å². The van der Waals surface area contributed by atoms with Gasteiger partial charge in [-0.2, -0.15) is 0 Å². The van der Waals surface area contributed by atoms with Crippen molar-refractivity contribution in [3.8, 4) is 5.75 Å². The van der Waals surface area contributed by atoms with E-state index in [4.69, 9.17) is 11.6 Å². The fourth-order valence-electron chi connectivity index (χ4n) is 2.03. The van der Waals surface area contributed by atoms with Crippen LogP contribution < -0.4 is 5.32 Å². The summed E-state index contributed by atoms with van der Waals surface area (Å²) in [6.45, 7) is 2.01. The number of halogens is 1. The van der Waals surface area contributed by atoms with Gasteiger partial charge in [0, 0.05) is 6.04 Å². The van der Waals surface area contributed by atoms with Crippen LogP contribution in [-0.4, -0.2) is 17.1 Å². The molecule has 0 bridgehead atoms.